The zero-order chi connectivity index (χ0) is 26.1. The third-order valence-corrected chi connectivity index (χ3v) is 7.41. The van der Waals surface area contributed by atoms with E-state index >= 15 is 0 Å². The maximum atomic E-state index is 6.73. The first-order valence-electron chi connectivity index (χ1n) is 12.6. The molecule has 1 aliphatic carbocycles. The highest BCUT2D eigenvalue weighted by Gasteiger charge is 2.22. The number of anilines is 1. The minimum absolute atomic E-state index is 0.460. The molecular weight excluding hydrogens is 504 g/mol. The molecule has 0 radical (unpaired) electrons. The van der Waals surface area contributed by atoms with Gasteiger partial charge < -0.3 is 20.1 Å². The van der Waals surface area contributed by atoms with Crippen molar-refractivity contribution >= 4 is 34.5 Å². The second kappa shape index (κ2) is 10.6. The molecule has 2 aromatic heterocycles. The van der Waals surface area contributed by atoms with Crippen LogP contribution < -0.4 is 21.3 Å². The number of methoxy groups -OCH3 is 2. The van der Waals surface area contributed by atoms with Gasteiger partial charge in [-0.2, -0.15) is 4.99 Å². The summed E-state index contributed by atoms with van der Waals surface area (Å²) >= 11 is 6.73. The Hall–Kier alpha value is -3.73. The number of nitrogens with one attached hydrogen (secondary N) is 2. The predicted octanol–water partition coefficient (Wildman–Crippen LogP) is 1.92. The molecule has 1 saturated heterocycles. The zero-order valence-electron chi connectivity index (χ0n) is 21.4. The number of hydrogen-bond acceptors (Lipinski definition) is 9. The fraction of sp³-hybridized carbons (Fsp3) is 0.333. The van der Waals surface area contributed by atoms with Crippen molar-refractivity contribution in [3.63, 3.8) is 0 Å². The summed E-state index contributed by atoms with van der Waals surface area (Å²) < 4.78 is 12.9. The van der Waals surface area contributed by atoms with Gasteiger partial charge in [0, 0.05) is 61.7 Å². The van der Waals surface area contributed by atoms with Crippen molar-refractivity contribution in [2.24, 2.45) is 9.98 Å². The highest BCUT2D eigenvalue weighted by molar-refractivity contribution is 6.36. The summed E-state index contributed by atoms with van der Waals surface area (Å²) in [6.45, 7) is 5.67. The molecule has 38 heavy (non-hydrogen) atoms. The van der Waals surface area contributed by atoms with Crippen molar-refractivity contribution in [3.8, 4) is 0 Å². The lowest BCUT2D eigenvalue weighted by molar-refractivity contribution is 0.233. The van der Waals surface area contributed by atoms with E-state index in [2.05, 4.69) is 50.0 Å². The van der Waals surface area contributed by atoms with Gasteiger partial charge in [0.1, 0.15) is 23.3 Å². The van der Waals surface area contributed by atoms with Crippen LogP contribution in [0.2, 0.25) is 0 Å². The largest absolute Gasteiger partial charge is 0.501 e. The first-order valence-corrected chi connectivity index (χ1v) is 13.0. The molecule has 6 rings (SSSR count). The standard InChI is InChI=1S/C27H29ClN8O2/c1-37-20-12-21(24(28)23(13-20)38-2)22-11-18-14-30-27(33-25(18)36-16-31-34-26(22)36)32-19-5-3-17(4-6-19)15-35-9-7-29-8-10-35/h3-6,11,13,16,29H,7-10,12,14-15H2,1-2H3,(H,30,32). The van der Waals surface area contributed by atoms with E-state index in [1.54, 1.807) is 26.6 Å². The average Bonchev–Trinajstić information content (AvgIpc) is 3.45. The lowest BCUT2D eigenvalue weighted by atomic mass is 10.0. The van der Waals surface area contributed by atoms with Crippen LogP contribution in [0.3, 0.4) is 0 Å². The normalized spacial score (nSPS) is 19.4. The van der Waals surface area contributed by atoms with E-state index in [0.29, 0.717) is 35.4 Å². The van der Waals surface area contributed by atoms with Crippen LogP contribution in [0.25, 0.3) is 11.2 Å². The molecule has 11 heteroatoms. The Morgan fingerprint density at radius 3 is 2.68 bits per heavy atom. The summed E-state index contributed by atoms with van der Waals surface area (Å²) in [5.74, 6) is 1.85. The summed E-state index contributed by atoms with van der Waals surface area (Å²) in [4.78, 5) is 12.0. The molecule has 10 nitrogen and oxygen atoms in total. The van der Waals surface area contributed by atoms with E-state index in [4.69, 9.17) is 31.1 Å². The summed E-state index contributed by atoms with van der Waals surface area (Å²) in [5, 5.41) is 16.7. The van der Waals surface area contributed by atoms with Crippen molar-refractivity contribution < 1.29 is 9.47 Å². The van der Waals surface area contributed by atoms with E-state index in [-0.39, 0.29) is 0 Å². The molecule has 1 aromatic carbocycles. The number of fused-ring (bicyclic) bond motifs is 3. The maximum Gasteiger partial charge on any atom is 0.224 e. The number of allylic oxidation sites excluding steroid dienone is 3. The number of benzene rings is 1. The Morgan fingerprint density at radius 2 is 1.92 bits per heavy atom. The molecule has 0 bridgehead atoms. The molecular formula is C27H29ClN8O2. The van der Waals surface area contributed by atoms with Crippen molar-refractivity contribution in [1.82, 2.24) is 24.8 Å². The predicted molar refractivity (Wildman–Crippen MR) is 146 cm³/mol. The highest BCUT2D eigenvalue weighted by Crippen LogP contribution is 2.33. The van der Waals surface area contributed by atoms with Gasteiger partial charge in [-0.15, -0.1) is 10.2 Å². The SMILES string of the molecule is COC1=CC(OC)=C(Cl)C(=c2cc3c(n4cnnc24)=NC(Nc2ccc(CN4CCNCC4)cc2)=NC3)C1. The topological polar surface area (TPSA) is 101 Å². The van der Waals surface area contributed by atoms with Crippen LogP contribution in [0.4, 0.5) is 5.69 Å². The smallest absolute Gasteiger partial charge is 0.224 e. The van der Waals surface area contributed by atoms with Gasteiger partial charge in [-0.05, 0) is 29.3 Å². The molecule has 2 aliphatic heterocycles. The van der Waals surface area contributed by atoms with Crippen LogP contribution in [0, 0.1) is 0 Å². The monoisotopic (exact) mass is 532 g/mol. The van der Waals surface area contributed by atoms with Crippen molar-refractivity contribution in [1.29, 1.82) is 0 Å². The first kappa shape index (κ1) is 24.6. The maximum absolute atomic E-state index is 6.73. The first-order chi connectivity index (χ1) is 18.6. The van der Waals surface area contributed by atoms with Crippen LogP contribution in [-0.4, -0.2) is 65.9 Å². The molecule has 0 unspecified atom stereocenters. The lowest BCUT2D eigenvalue weighted by Crippen LogP contribution is -2.42. The van der Waals surface area contributed by atoms with Gasteiger partial charge in [0.15, 0.2) is 5.65 Å². The number of rotatable bonds is 5. The summed E-state index contributed by atoms with van der Waals surface area (Å²) in [6, 6.07) is 10.5. The molecule has 4 heterocycles. The number of aromatic nitrogens is 3. The van der Waals surface area contributed by atoms with E-state index in [9.17, 15) is 0 Å². The number of aliphatic imine (C=N–C) groups is 1. The number of pyridine rings is 1. The van der Waals surface area contributed by atoms with Gasteiger partial charge in [-0.3, -0.25) is 9.30 Å². The average molecular weight is 533 g/mol. The quantitative estimate of drug-likeness (QED) is 0.518. The molecule has 0 saturated carbocycles. The number of hydrogen-bond donors (Lipinski definition) is 2. The van der Waals surface area contributed by atoms with Gasteiger partial charge in [0.2, 0.25) is 5.96 Å². The fourth-order valence-electron chi connectivity index (χ4n) is 4.96. The number of piperazine rings is 1. The third-order valence-electron chi connectivity index (χ3n) is 6.99. The Kier molecular flexibility index (Phi) is 6.84. The van der Waals surface area contributed by atoms with E-state index in [1.807, 2.05) is 10.5 Å². The Morgan fingerprint density at radius 1 is 1.11 bits per heavy atom. The fourth-order valence-corrected chi connectivity index (χ4v) is 5.26. The van der Waals surface area contributed by atoms with Crippen LogP contribution in [0.5, 0.6) is 0 Å². The Balaban J connectivity index is 1.30. The highest BCUT2D eigenvalue weighted by atomic mass is 35.5. The summed E-state index contributed by atoms with van der Waals surface area (Å²) in [6.07, 6.45) is 3.99. The van der Waals surface area contributed by atoms with Gasteiger partial charge in [0.05, 0.1) is 25.8 Å². The molecule has 196 valence electrons. The minimum Gasteiger partial charge on any atom is -0.501 e. The van der Waals surface area contributed by atoms with Crippen LogP contribution >= 0.6 is 11.6 Å². The van der Waals surface area contributed by atoms with E-state index in [0.717, 1.165) is 66.0 Å². The number of halogens is 1. The molecule has 0 amide bonds. The Labute approximate surface area is 225 Å². The second-order valence-electron chi connectivity index (χ2n) is 9.38. The summed E-state index contributed by atoms with van der Waals surface area (Å²) in [5.41, 5.74) is 5.45. The van der Waals surface area contributed by atoms with Crippen LogP contribution in [0.15, 0.2) is 69.3 Å². The zero-order valence-corrected chi connectivity index (χ0v) is 22.1. The van der Waals surface area contributed by atoms with Crippen LogP contribution in [-0.2, 0) is 22.6 Å². The lowest BCUT2D eigenvalue weighted by Gasteiger charge is -2.27. The summed E-state index contributed by atoms with van der Waals surface area (Å²) in [7, 11) is 3.23. The minimum atomic E-state index is 0.460. The number of guanidine groups is 1. The van der Waals surface area contributed by atoms with Gasteiger partial charge >= 0.3 is 0 Å². The van der Waals surface area contributed by atoms with Gasteiger partial charge in [-0.25, -0.2) is 4.99 Å². The molecule has 0 atom stereocenters. The second-order valence-corrected chi connectivity index (χ2v) is 9.76. The number of nitrogens with zero attached hydrogens (tertiary/aromatic N) is 6. The third kappa shape index (κ3) is 4.78. The van der Waals surface area contributed by atoms with Gasteiger partial charge in [-0.1, -0.05) is 23.7 Å². The molecule has 3 aromatic rings. The van der Waals surface area contributed by atoms with Crippen molar-refractivity contribution in [2.75, 3.05) is 45.7 Å². The molecule has 2 N–H and O–H groups in total. The molecule has 1 fully saturated rings. The molecule has 0 spiro atoms. The van der Waals surface area contributed by atoms with Crippen LogP contribution in [0.1, 0.15) is 17.5 Å². The van der Waals surface area contributed by atoms with Crippen molar-refractivity contribution in [3.05, 3.63) is 81.1 Å². The molecule has 3 aliphatic rings. The Bertz CT molecular complexity index is 1580. The van der Waals surface area contributed by atoms with Crippen molar-refractivity contribution in [2.45, 2.75) is 19.5 Å². The number of ether oxygens (including phenoxy) is 2. The van der Waals surface area contributed by atoms with Gasteiger partial charge in [0.25, 0.3) is 0 Å². The van der Waals surface area contributed by atoms with E-state index < -0.39 is 0 Å². The van der Waals surface area contributed by atoms with E-state index in [1.165, 1.54) is 5.56 Å².